The summed E-state index contributed by atoms with van der Waals surface area (Å²) in [5.41, 5.74) is 0.549. The Balaban J connectivity index is 1.90. The first kappa shape index (κ1) is 14.7. The van der Waals surface area contributed by atoms with Crippen molar-refractivity contribution in [2.45, 2.75) is 24.5 Å². The van der Waals surface area contributed by atoms with Gasteiger partial charge in [0.1, 0.15) is 0 Å². The topological polar surface area (TPSA) is 102 Å². The van der Waals surface area contributed by atoms with Crippen molar-refractivity contribution in [1.82, 2.24) is 24.3 Å². The third kappa shape index (κ3) is 3.44. The van der Waals surface area contributed by atoms with Gasteiger partial charge in [-0.15, -0.1) is 5.10 Å². The summed E-state index contributed by atoms with van der Waals surface area (Å²) in [7, 11) is -1.85. The molecule has 0 saturated heterocycles. The Morgan fingerprint density at radius 1 is 1.45 bits per heavy atom. The lowest BCUT2D eigenvalue weighted by Gasteiger charge is -2.04. The number of aryl methyl sites for hydroxylation is 2. The first-order valence-electron chi connectivity index (χ1n) is 6.13. The highest BCUT2D eigenvalue weighted by atomic mass is 32.2. The molecule has 0 bridgehead atoms. The minimum atomic E-state index is -3.54. The third-order valence-electron chi connectivity index (χ3n) is 2.88. The molecule has 0 aliphatic carbocycles. The normalized spacial score (nSPS) is 11.9. The van der Waals surface area contributed by atoms with Gasteiger partial charge in [-0.2, -0.15) is 0 Å². The monoisotopic (exact) mass is 299 g/mol. The summed E-state index contributed by atoms with van der Waals surface area (Å²) in [6, 6.07) is 1.46. The van der Waals surface area contributed by atoms with E-state index in [-0.39, 0.29) is 11.5 Å². The number of rotatable bonds is 7. The van der Waals surface area contributed by atoms with E-state index in [0.29, 0.717) is 25.2 Å². The Bertz CT molecular complexity index is 648. The zero-order valence-electron chi connectivity index (χ0n) is 11.1. The zero-order valence-corrected chi connectivity index (χ0v) is 11.9. The molecule has 2 N–H and O–H groups in total. The van der Waals surface area contributed by atoms with Crippen LogP contribution in [0, 0.1) is 0 Å². The number of aliphatic hydroxyl groups excluding tert-OH is 1. The fourth-order valence-corrected chi connectivity index (χ4v) is 2.93. The molecule has 2 heterocycles. The summed E-state index contributed by atoms with van der Waals surface area (Å²) in [5, 5.41) is 16.5. The van der Waals surface area contributed by atoms with Crippen LogP contribution in [0.5, 0.6) is 0 Å². The smallest absolute Gasteiger partial charge is 0.242 e. The predicted octanol–water partition coefficient (Wildman–Crippen LogP) is -0.522. The van der Waals surface area contributed by atoms with Gasteiger partial charge in [0.25, 0.3) is 0 Å². The second-order valence-electron chi connectivity index (χ2n) is 4.35. The number of nitrogens with one attached hydrogen (secondary N) is 1. The summed E-state index contributed by atoms with van der Waals surface area (Å²) in [4.78, 5) is 0.157. The molecule has 20 heavy (non-hydrogen) atoms. The van der Waals surface area contributed by atoms with Crippen LogP contribution in [0.3, 0.4) is 0 Å². The average molecular weight is 299 g/mol. The standard InChI is InChI=1S/C11H17N5O3S/c1-15-8-11(7-10(15)9-17)20(18,19)13-3-2-5-16-6-4-12-14-16/h4,6-8,13,17H,2-3,5,9H2,1H3. The van der Waals surface area contributed by atoms with Crippen LogP contribution in [-0.2, 0) is 30.2 Å². The highest BCUT2D eigenvalue weighted by Crippen LogP contribution is 2.13. The van der Waals surface area contributed by atoms with Crippen LogP contribution in [0.1, 0.15) is 12.1 Å². The van der Waals surface area contributed by atoms with Gasteiger partial charge in [-0.1, -0.05) is 5.21 Å². The minimum absolute atomic E-state index is 0.157. The summed E-state index contributed by atoms with van der Waals surface area (Å²) in [6.45, 7) is 0.711. The van der Waals surface area contributed by atoms with E-state index in [1.165, 1.54) is 12.3 Å². The number of nitrogens with zero attached hydrogens (tertiary/aromatic N) is 4. The molecule has 2 rings (SSSR count). The lowest BCUT2D eigenvalue weighted by Crippen LogP contribution is -2.25. The largest absolute Gasteiger partial charge is 0.390 e. The predicted molar refractivity (Wildman–Crippen MR) is 71.2 cm³/mol. The molecule has 0 atom stereocenters. The molecular weight excluding hydrogens is 282 g/mol. The summed E-state index contributed by atoms with van der Waals surface area (Å²) < 4.78 is 29.8. The van der Waals surface area contributed by atoms with Crippen LogP contribution >= 0.6 is 0 Å². The quantitative estimate of drug-likeness (QED) is 0.670. The SMILES string of the molecule is Cn1cc(S(=O)(=O)NCCCn2ccnn2)cc1CO. The molecular formula is C11H17N5O3S. The molecule has 9 heteroatoms. The van der Waals surface area contributed by atoms with Crippen molar-refractivity contribution in [3.63, 3.8) is 0 Å². The third-order valence-corrected chi connectivity index (χ3v) is 4.31. The molecule has 0 aliphatic heterocycles. The van der Waals surface area contributed by atoms with E-state index in [2.05, 4.69) is 15.0 Å². The number of hydrogen-bond donors (Lipinski definition) is 2. The summed E-state index contributed by atoms with van der Waals surface area (Å²) in [5.74, 6) is 0. The van der Waals surface area contributed by atoms with Gasteiger partial charge in [-0.3, -0.25) is 4.68 Å². The van der Waals surface area contributed by atoms with Gasteiger partial charge in [0.05, 0.1) is 17.7 Å². The highest BCUT2D eigenvalue weighted by molar-refractivity contribution is 7.89. The minimum Gasteiger partial charge on any atom is -0.390 e. The first-order valence-corrected chi connectivity index (χ1v) is 7.61. The lowest BCUT2D eigenvalue weighted by molar-refractivity contribution is 0.272. The maximum Gasteiger partial charge on any atom is 0.242 e. The van der Waals surface area contributed by atoms with E-state index in [1.54, 1.807) is 28.7 Å². The van der Waals surface area contributed by atoms with Gasteiger partial charge in [0.15, 0.2) is 0 Å². The van der Waals surface area contributed by atoms with Gasteiger partial charge in [-0.05, 0) is 12.5 Å². The molecule has 0 aliphatic rings. The molecule has 110 valence electrons. The molecule has 0 spiro atoms. The lowest BCUT2D eigenvalue weighted by atomic mass is 10.4. The van der Waals surface area contributed by atoms with Crippen LogP contribution in [0.25, 0.3) is 0 Å². The Hall–Kier alpha value is -1.71. The molecule has 0 aromatic carbocycles. The van der Waals surface area contributed by atoms with Crippen molar-refractivity contribution in [3.8, 4) is 0 Å². The number of sulfonamides is 1. The van der Waals surface area contributed by atoms with Crippen molar-refractivity contribution in [2.24, 2.45) is 7.05 Å². The second kappa shape index (κ2) is 6.16. The van der Waals surface area contributed by atoms with Crippen LogP contribution in [0.4, 0.5) is 0 Å². The molecule has 0 amide bonds. The van der Waals surface area contributed by atoms with E-state index in [0.717, 1.165) is 0 Å². The number of hydrogen-bond acceptors (Lipinski definition) is 5. The van der Waals surface area contributed by atoms with Gasteiger partial charge in [0, 0.05) is 38.2 Å². The number of aromatic nitrogens is 4. The van der Waals surface area contributed by atoms with Crippen molar-refractivity contribution >= 4 is 10.0 Å². The van der Waals surface area contributed by atoms with Crippen molar-refractivity contribution in [2.75, 3.05) is 6.54 Å². The van der Waals surface area contributed by atoms with Crippen LogP contribution in [0.15, 0.2) is 29.6 Å². The maximum absolute atomic E-state index is 12.0. The van der Waals surface area contributed by atoms with E-state index < -0.39 is 10.0 Å². The maximum atomic E-state index is 12.0. The van der Waals surface area contributed by atoms with Crippen molar-refractivity contribution < 1.29 is 13.5 Å². The van der Waals surface area contributed by atoms with Gasteiger partial charge in [0.2, 0.25) is 10.0 Å². The number of aliphatic hydroxyl groups is 1. The first-order chi connectivity index (χ1) is 9.53. The van der Waals surface area contributed by atoms with Gasteiger partial charge >= 0.3 is 0 Å². The van der Waals surface area contributed by atoms with E-state index in [9.17, 15) is 8.42 Å². The molecule has 2 aromatic rings. The molecule has 0 saturated carbocycles. The van der Waals surface area contributed by atoms with E-state index in [1.807, 2.05) is 0 Å². The fraction of sp³-hybridized carbons (Fsp3) is 0.455. The fourth-order valence-electron chi connectivity index (χ4n) is 1.76. The van der Waals surface area contributed by atoms with Crippen molar-refractivity contribution in [1.29, 1.82) is 0 Å². The highest BCUT2D eigenvalue weighted by Gasteiger charge is 2.16. The zero-order chi connectivity index (χ0) is 14.6. The molecule has 0 unspecified atom stereocenters. The Labute approximate surface area is 117 Å². The average Bonchev–Trinajstić information content (AvgIpc) is 3.04. The van der Waals surface area contributed by atoms with Crippen LogP contribution in [0.2, 0.25) is 0 Å². The van der Waals surface area contributed by atoms with Gasteiger partial charge < -0.3 is 9.67 Å². The molecule has 0 radical (unpaired) electrons. The Morgan fingerprint density at radius 3 is 2.85 bits per heavy atom. The molecule has 2 aromatic heterocycles. The van der Waals surface area contributed by atoms with Crippen molar-refractivity contribution in [3.05, 3.63) is 30.4 Å². The second-order valence-corrected chi connectivity index (χ2v) is 6.12. The summed E-state index contributed by atoms with van der Waals surface area (Å²) in [6.07, 6.45) is 5.39. The van der Waals surface area contributed by atoms with E-state index in [4.69, 9.17) is 5.11 Å². The van der Waals surface area contributed by atoms with Gasteiger partial charge in [-0.25, -0.2) is 13.1 Å². The Morgan fingerprint density at radius 2 is 2.25 bits per heavy atom. The van der Waals surface area contributed by atoms with Crippen LogP contribution < -0.4 is 4.72 Å². The molecule has 0 fully saturated rings. The van der Waals surface area contributed by atoms with Crippen LogP contribution in [-0.4, -0.2) is 39.6 Å². The van der Waals surface area contributed by atoms with E-state index >= 15 is 0 Å². The Kier molecular flexibility index (Phi) is 4.53. The summed E-state index contributed by atoms with van der Waals surface area (Å²) >= 11 is 0. The molecule has 8 nitrogen and oxygen atoms in total.